The van der Waals surface area contributed by atoms with Crippen LogP contribution in [0.25, 0.3) is 0 Å². The standard InChI is InChI=1S/C18H21N3O2/c1-4-14-12-21(16-7-5-6-8-17(16)23-14)18(22)15-11-13(20(2)3)9-10-19-15/h5-11,14H,4,12H2,1-3H3. The Labute approximate surface area is 136 Å². The van der Waals surface area contributed by atoms with Crippen LogP contribution >= 0.6 is 0 Å². The quantitative estimate of drug-likeness (QED) is 0.874. The number of para-hydroxylation sites is 2. The van der Waals surface area contributed by atoms with Gasteiger partial charge in [0.15, 0.2) is 0 Å². The van der Waals surface area contributed by atoms with Crippen LogP contribution in [0.2, 0.25) is 0 Å². The molecule has 0 N–H and O–H groups in total. The molecule has 1 amide bonds. The van der Waals surface area contributed by atoms with Crippen LogP contribution in [0.3, 0.4) is 0 Å². The smallest absolute Gasteiger partial charge is 0.277 e. The van der Waals surface area contributed by atoms with Gasteiger partial charge in [-0.15, -0.1) is 0 Å². The molecule has 23 heavy (non-hydrogen) atoms. The van der Waals surface area contributed by atoms with Crippen LogP contribution < -0.4 is 14.5 Å². The molecule has 1 atom stereocenters. The number of hydrogen-bond donors (Lipinski definition) is 0. The first kappa shape index (κ1) is 15.3. The largest absolute Gasteiger partial charge is 0.486 e. The van der Waals surface area contributed by atoms with Crippen molar-refractivity contribution in [2.24, 2.45) is 0 Å². The van der Waals surface area contributed by atoms with E-state index in [1.54, 1.807) is 11.1 Å². The monoisotopic (exact) mass is 311 g/mol. The molecule has 1 unspecified atom stereocenters. The Morgan fingerprint density at radius 1 is 1.35 bits per heavy atom. The number of aromatic nitrogens is 1. The zero-order valence-corrected chi connectivity index (χ0v) is 13.7. The molecule has 5 nitrogen and oxygen atoms in total. The van der Waals surface area contributed by atoms with E-state index in [1.807, 2.05) is 55.4 Å². The van der Waals surface area contributed by atoms with Gasteiger partial charge < -0.3 is 9.64 Å². The summed E-state index contributed by atoms with van der Waals surface area (Å²) in [5, 5.41) is 0. The number of anilines is 2. The number of ether oxygens (including phenoxy) is 1. The summed E-state index contributed by atoms with van der Waals surface area (Å²) in [5.41, 5.74) is 2.21. The molecule has 3 rings (SSSR count). The van der Waals surface area contributed by atoms with E-state index in [2.05, 4.69) is 11.9 Å². The number of fused-ring (bicyclic) bond motifs is 1. The van der Waals surface area contributed by atoms with Crippen molar-refractivity contribution >= 4 is 17.3 Å². The van der Waals surface area contributed by atoms with Gasteiger partial charge in [0, 0.05) is 26.0 Å². The van der Waals surface area contributed by atoms with Gasteiger partial charge in [-0.1, -0.05) is 19.1 Å². The predicted molar refractivity (Wildman–Crippen MR) is 91.4 cm³/mol. The molecule has 120 valence electrons. The van der Waals surface area contributed by atoms with Crippen LogP contribution in [0, 0.1) is 0 Å². The number of carbonyl (C=O) groups is 1. The molecule has 0 spiro atoms. The maximum atomic E-state index is 13.0. The highest BCUT2D eigenvalue weighted by atomic mass is 16.5. The number of rotatable bonds is 3. The maximum absolute atomic E-state index is 13.0. The Bertz CT molecular complexity index is 715. The van der Waals surface area contributed by atoms with E-state index in [-0.39, 0.29) is 12.0 Å². The van der Waals surface area contributed by atoms with Crippen molar-refractivity contribution in [3.63, 3.8) is 0 Å². The Morgan fingerprint density at radius 3 is 2.87 bits per heavy atom. The van der Waals surface area contributed by atoms with Gasteiger partial charge in [0.1, 0.15) is 17.5 Å². The second-order valence-corrected chi connectivity index (χ2v) is 5.83. The van der Waals surface area contributed by atoms with Gasteiger partial charge in [-0.3, -0.25) is 14.7 Å². The van der Waals surface area contributed by atoms with Crippen molar-refractivity contribution in [1.29, 1.82) is 0 Å². The molecule has 2 aromatic rings. The van der Waals surface area contributed by atoms with Gasteiger partial charge >= 0.3 is 0 Å². The molecule has 0 bridgehead atoms. The fraction of sp³-hybridized carbons (Fsp3) is 0.333. The van der Waals surface area contributed by atoms with Crippen molar-refractivity contribution in [2.45, 2.75) is 19.4 Å². The summed E-state index contributed by atoms with van der Waals surface area (Å²) < 4.78 is 5.94. The van der Waals surface area contributed by atoms with E-state index in [0.29, 0.717) is 12.2 Å². The SMILES string of the molecule is CCC1CN(C(=O)c2cc(N(C)C)ccn2)c2ccccc2O1. The van der Waals surface area contributed by atoms with Crippen molar-refractivity contribution in [3.8, 4) is 5.75 Å². The Hall–Kier alpha value is -2.56. The lowest BCUT2D eigenvalue weighted by Crippen LogP contribution is -2.43. The molecule has 0 aliphatic carbocycles. The van der Waals surface area contributed by atoms with E-state index in [1.165, 1.54) is 0 Å². The van der Waals surface area contributed by atoms with E-state index < -0.39 is 0 Å². The third-order valence-electron chi connectivity index (χ3n) is 4.02. The van der Waals surface area contributed by atoms with Gasteiger partial charge in [0.05, 0.1) is 12.2 Å². The van der Waals surface area contributed by atoms with Crippen LogP contribution in [0.15, 0.2) is 42.6 Å². The number of carbonyl (C=O) groups excluding carboxylic acids is 1. The third kappa shape index (κ3) is 2.99. The van der Waals surface area contributed by atoms with Crippen LogP contribution in [0.1, 0.15) is 23.8 Å². The highest BCUT2D eigenvalue weighted by molar-refractivity contribution is 6.06. The van der Waals surface area contributed by atoms with E-state index >= 15 is 0 Å². The minimum Gasteiger partial charge on any atom is -0.486 e. The highest BCUT2D eigenvalue weighted by Gasteiger charge is 2.30. The summed E-state index contributed by atoms with van der Waals surface area (Å²) in [6, 6.07) is 11.4. The van der Waals surface area contributed by atoms with Crippen molar-refractivity contribution < 1.29 is 9.53 Å². The summed E-state index contributed by atoms with van der Waals surface area (Å²) in [6.07, 6.45) is 2.53. The normalized spacial score (nSPS) is 16.5. The number of hydrogen-bond acceptors (Lipinski definition) is 4. The summed E-state index contributed by atoms with van der Waals surface area (Å²) in [4.78, 5) is 21.0. The number of pyridine rings is 1. The Morgan fingerprint density at radius 2 is 2.13 bits per heavy atom. The Balaban J connectivity index is 1.97. The highest BCUT2D eigenvalue weighted by Crippen LogP contribution is 2.34. The van der Waals surface area contributed by atoms with Crippen LogP contribution in [0.5, 0.6) is 5.75 Å². The lowest BCUT2D eigenvalue weighted by atomic mass is 10.1. The van der Waals surface area contributed by atoms with Crippen molar-refractivity contribution in [2.75, 3.05) is 30.4 Å². The van der Waals surface area contributed by atoms with E-state index in [0.717, 1.165) is 23.5 Å². The molecule has 5 heteroatoms. The maximum Gasteiger partial charge on any atom is 0.277 e. The van der Waals surface area contributed by atoms with E-state index in [9.17, 15) is 4.79 Å². The van der Waals surface area contributed by atoms with E-state index in [4.69, 9.17) is 4.74 Å². The third-order valence-corrected chi connectivity index (χ3v) is 4.02. The minimum atomic E-state index is -0.0945. The molecular weight excluding hydrogens is 290 g/mol. The summed E-state index contributed by atoms with van der Waals surface area (Å²) in [6.45, 7) is 2.60. The topological polar surface area (TPSA) is 45.7 Å². The molecule has 0 radical (unpaired) electrons. The zero-order chi connectivity index (χ0) is 16.4. The summed E-state index contributed by atoms with van der Waals surface area (Å²) in [7, 11) is 3.89. The molecule has 0 saturated carbocycles. The lowest BCUT2D eigenvalue weighted by Gasteiger charge is -2.34. The first-order valence-corrected chi connectivity index (χ1v) is 7.81. The van der Waals surface area contributed by atoms with Crippen LogP contribution in [-0.4, -0.2) is 37.6 Å². The molecule has 1 aromatic carbocycles. The lowest BCUT2D eigenvalue weighted by molar-refractivity contribution is 0.0949. The van der Waals surface area contributed by atoms with Gasteiger partial charge in [-0.05, 0) is 30.7 Å². The minimum absolute atomic E-state index is 0.00545. The molecule has 0 saturated heterocycles. The predicted octanol–water partition coefficient (Wildman–Crippen LogP) is 2.97. The molecule has 1 aliphatic rings. The van der Waals surface area contributed by atoms with Crippen LogP contribution in [0.4, 0.5) is 11.4 Å². The second-order valence-electron chi connectivity index (χ2n) is 5.83. The number of amides is 1. The fourth-order valence-corrected chi connectivity index (χ4v) is 2.66. The molecule has 0 fully saturated rings. The first-order chi connectivity index (χ1) is 11.1. The van der Waals surface area contributed by atoms with Gasteiger partial charge in [0.2, 0.25) is 0 Å². The zero-order valence-electron chi connectivity index (χ0n) is 13.7. The number of benzene rings is 1. The van der Waals surface area contributed by atoms with Gasteiger partial charge in [-0.25, -0.2) is 0 Å². The fourth-order valence-electron chi connectivity index (χ4n) is 2.66. The summed E-state index contributed by atoms with van der Waals surface area (Å²) >= 11 is 0. The average Bonchev–Trinajstić information content (AvgIpc) is 2.60. The summed E-state index contributed by atoms with van der Waals surface area (Å²) in [5.74, 6) is 0.658. The van der Waals surface area contributed by atoms with Crippen LogP contribution in [-0.2, 0) is 0 Å². The molecule has 1 aliphatic heterocycles. The number of nitrogens with zero attached hydrogens (tertiary/aromatic N) is 3. The molecular formula is C18H21N3O2. The Kier molecular flexibility index (Phi) is 4.19. The molecule has 2 heterocycles. The molecule has 1 aromatic heterocycles. The van der Waals surface area contributed by atoms with Gasteiger partial charge in [-0.2, -0.15) is 0 Å². The van der Waals surface area contributed by atoms with Crippen molar-refractivity contribution in [1.82, 2.24) is 4.98 Å². The van der Waals surface area contributed by atoms with Crippen molar-refractivity contribution in [3.05, 3.63) is 48.3 Å². The first-order valence-electron chi connectivity index (χ1n) is 7.81. The average molecular weight is 311 g/mol. The second kappa shape index (κ2) is 6.28. The van der Waals surface area contributed by atoms with Gasteiger partial charge in [0.25, 0.3) is 5.91 Å².